The first kappa shape index (κ1) is 11.2. The van der Waals surface area contributed by atoms with Gasteiger partial charge < -0.3 is 4.90 Å². The second-order valence-corrected chi connectivity index (χ2v) is 5.69. The molecule has 2 nitrogen and oxygen atoms in total. The van der Waals surface area contributed by atoms with Crippen LogP contribution in [0.5, 0.6) is 0 Å². The van der Waals surface area contributed by atoms with Gasteiger partial charge >= 0.3 is 0 Å². The maximum atomic E-state index is 12.2. The third-order valence-electron chi connectivity index (χ3n) is 2.85. The highest BCUT2D eigenvalue weighted by Gasteiger charge is 2.26. The number of carbonyl (C=O) groups excluding carboxylic acids is 1. The van der Waals surface area contributed by atoms with E-state index in [-0.39, 0.29) is 11.3 Å². The molecule has 2 rings (SSSR count). The highest BCUT2D eigenvalue weighted by molar-refractivity contribution is 5.96. The second-order valence-electron chi connectivity index (χ2n) is 5.69. The lowest BCUT2D eigenvalue weighted by Gasteiger charge is -2.33. The first-order chi connectivity index (χ1) is 7.47. The summed E-state index contributed by atoms with van der Waals surface area (Å²) in [7, 11) is 0. The minimum Gasteiger partial charge on any atom is -0.338 e. The minimum atomic E-state index is 0.169. The smallest absolute Gasteiger partial charge is 0.254 e. The van der Waals surface area contributed by atoms with E-state index < -0.39 is 0 Å². The van der Waals surface area contributed by atoms with Crippen LogP contribution in [0.3, 0.4) is 0 Å². The predicted molar refractivity (Wildman–Crippen MR) is 65.5 cm³/mol. The number of fused-ring (bicyclic) bond motifs is 1. The van der Waals surface area contributed by atoms with E-state index in [0.717, 1.165) is 25.1 Å². The molecule has 1 heterocycles. The van der Waals surface area contributed by atoms with Crippen molar-refractivity contribution in [3.63, 3.8) is 0 Å². The molecule has 1 aromatic rings. The van der Waals surface area contributed by atoms with Crippen LogP contribution in [-0.4, -0.2) is 23.9 Å². The van der Waals surface area contributed by atoms with Crippen LogP contribution in [-0.2, 0) is 6.42 Å². The van der Waals surface area contributed by atoms with Crippen LogP contribution in [0.4, 0.5) is 0 Å². The highest BCUT2D eigenvalue weighted by Crippen LogP contribution is 2.22. The van der Waals surface area contributed by atoms with Crippen molar-refractivity contribution in [1.82, 2.24) is 4.90 Å². The Bertz CT molecular complexity index is 403. The Morgan fingerprint density at radius 2 is 1.94 bits per heavy atom. The highest BCUT2D eigenvalue weighted by atomic mass is 16.2. The summed E-state index contributed by atoms with van der Waals surface area (Å²) in [5, 5.41) is 0. The Balaban J connectivity index is 2.22. The number of hydrogen-bond donors (Lipinski definition) is 0. The SMILES string of the molecule is CC(C)(C)CN1CCc2ccccc2C1=O. The number of rotatable bonds is 1. The third kappa shape index (κ3) is 2.26. The van der Waals surface area contributed by atoms with E-state index in [1.165, 1.54) is 5.56 Å². The van der Waals surface area contributed by atoms with Crippen LogP contribution < -0.4 is 0 Å². The van der Waals surface area contributed by atoms with Gasteiger partial charge in [0.15, 0.2) is 0 Å². The Kier molecular flexibility index (Phi) is 2.75. The van der Waals surface area contributed by atoms with Crippen molar-refractivity contribution >= 4 is 5.91 Å². The quantitative estimate of drug-likeness (QED) is 0.708. The zero-order chi connectivity index (χ0) is 11.8. The maximum absolute atomic E-state index is 12.2. The van der Waals surface area contributed by atoms with Crippen LogP contribution in [0.25, 0.3) is 0 Å². The summed E-state index contributed by atoms with van der Waals surface area (Å²) in [5.74, 6) is 0.191. The zero-order valence-corrected chi connectivity index (χ0v) is 10.3. The Morgan fingerprint density at radius 3 is 2.62 bits per heavy atom. The molecule has 0 spiro atoms. The van der Waals surface area contributed by atoms with Gasteiger partial charge in [0.2, 0.25) is 0 Å². The van der Waals surface area contributed by atoms with Gasteiger partial charge in [-0.05, 0) is 23.5 Å². The molecule has 1 amide bonds. The van der Waals surface area contributed by atoms with Crippen molar-refractivity contribution in [1.29, 1.82) is 0 Å². The zero-order valence-electron chi connectivity index (χ0n) is 10.3. The van der Waals surface area contributed by atoms with E-state index in [2.05, 4.69) is 26.8 Å². The first-order valence-corrected chi connectivity index (χ1v) is 5.84. The fourth-order valence-corrected chi connectivity index (χ4v) is 2.20. The largest absolute Gasteiger partial charge is 0.338 e. The number of nitrogens with zero attached hydrogens (tertiary/aromatic N) is 1. The lowest BCUT2D eigenvalue weighted by molar-refractivity contribution is 0.0678. The lowest BCUT2D eigenvalue weighted by Crippen LogP contribution is -2.42. The van der Waals surface area contributed by atoms with E-state index in [1.807, 2.05) is 23.1 Å². The van der Waals surface area contributed by atoms with Crippen molar-refractivity contribution in [3.8, 4) is 0 Å². The fourth-order valence-electron chi connectivity index (χ4n) is 2.20. The van der Waals surface area contributed by atoms with Crippen molar-refractivity contribution in [2.24, 2.45) is 5.41 Å². The third-order valence-corrected chi connectivity index (χ3v) is 2.85. The van der Waals surface area contributed by atoms with Gasteiger partial charge in [-0.3, -0.25) is 4.79 Å². The number of amides is 1. The van der Waals surface area contributed by atoms with Crippen molar-refractivity contribution < 1.29 is 4.79 Å². The van der Waals surface area contributed by atoms with E-state index in [0.29, 0.717) is 0 Å². The van der Waals surface area contributed by atoms with Gasteiger partial charge in [-0.2, -0.15) is 0 Å². The van der Waals surface area contributed by atoms with Gasteiger partial charge in [0.25, 0.3) is 5.91 Å². The second kappa shape index (κ2) is 3.93. The summed E-state index contributed by atoms with van der Waals surface area (Å²) in [6.07, 6.45) is 0.984. The molecule has 16 heavy (non-hydrogen) atoms. The number of hydrogen-bond acceptors (Lipinski definition) is 1. The standard InChI is InChI=1S/C14H19NO/c1-14(2,3)10-15-9-8-11-6-4-5-7-12(11)13(15)16/h4-7H,8-10H2,1-3H3. The van der Waals surface area contributed by atoms with E-state index >= 15 is 0 Å². The molecule has 0 aliphatic carbocycles. The monoisotopic (exact) mass is 217 g/mol. The van der Waals surface area contributed by atoms with Gasteiger partial charge in [0, 0.05) is 18.7 Å². The molecule has 86 valence electrons. The summed E-state index contributed by atoms with van der Waals surface area (Å²) in [5.41, 5.74) is 2.25. The number of benzene rings is 1. The van der Waals surface area contributed by atoms with Gasteiger partial charge in [0.1, 0.15) is 0 Å². The first-order valence-electron chi connectivity index (χ1n) is 5.84. The Morgan fingerprint density at radius 1 is 1.25 bits per heavy atom. The lowest BCUT2D eigenvalue weighted by atomic mass is 9.93. The Labute approximate surface area is 97.3 Å². The van der Waals surface area contributed by atoms with E-state index in [4.69, 9.17) is 0 Å². The molecule has 0 N–H and O–H groups in total. The molecule has 0 unspecified atom stereocenters. The normalized spacial score (nSPS) is 16.2. The molecular formula is C14H19NO. The van der Waals surface area contributed by atoms with Crippen LogP contribution in [0, 0.1) is 5.41 Å². The minimum absolute atomic E-state index is 0.169. The summed E-state index contributed by atoms with van der Waals surface area (Å²) in [4.78, 5) is 14.2. The van der Waals surface area contributed by atoms with E-state index in [1.54, 1.807) is 0 Å². The number of carbonyl (C=O) groups is 1. The molecule has 0 saturated carbocycles. The average molecular weight is 217 g/mol. The summed E-state index contributed by atoms with van der Waals surface area (Å²) < 4.78 is 0. The van der Waals surface area contributed by atoms with Crippen LogP contribution in [0.15, 0.2) is 24.3 Å². The van der Waals surface area contributed by atoms with Gasteiger partial charge in [-0.25, -0.2) is 0 Å². The summed E-state index contributed by atoms with van der Waals surface area (Å²) in [6, 6.07) is 7.94. The molecule has 1 aliphatic heterocycles. The van der Waals surface area contributed by atoms with Crippen LogP contribution >= 0.6 is 0 Å². The van der Waals surface area contributed by atoms with Crippen molar-refractivity contribution in [2.75, 3.05) is 13.1 Å². The molecule has 1 aliphatic rings. The topological polar surface area (TPSA) is 20.3 Å². The summed E-state index contributed by atoms with van der Waals surface area (Å²) in [6.45, 7) is 8.19. The van der Waals surface area contributed by atoms with Crippen LogP contribution in [0.1, 0.15) is 36.7 Å². The fraction of sp³-hybridized carbons (Fsp3) is 0.500. The molecule has 0 bridgehead atoms. The van der Waals surface area contributed by atoms with Gasteiger partial charge in [0.05, 0.1) is 0 Å². The van der Waals surface area contributed by atoms with Crippen molar-refractivity contribution in [2.45, 2.75) is 27.2 Å². The van der Waals surface area contributed by atoms with Crippen LogP contribution in [0.2, 0.25) is 0 Å². The average Bonchev–Trinajstić information content (AvgIpc) is 2.21. The summed E-state index contributed by atoms with van der Waals surface area (Å²) >= 11 is 0. The molecule has 0 aromatic heterocycles. The molecule has 2 heteroatoms. The molecule has 0 saturated heterocycles. The molecule has 0 fully saturated rings. The molecule has 1 aromatic carbocycles. The molecule has 0 atom stereocenters. The van der Waals surface area contributed by atoms with E-state index in [9.17, 15) is 4.79 Å². The molecular weight excluding hydrogens is 198 g/mol. The predicted octanol–water partition coefficient (Wildman–Crippen LogP) is 2.73. The van der Waals surface area contributed by atoms with Gasteiger partial charge in [-0.15, -0.1) is 0 Å². The Hall–Kier alpha value is -1.31. The maximum Gasteiger partial charge on any atom is 0.254 e. The van der Waals surface area contributed by atoms with Crippen molar-refractivity contribution in [3.05, 3.63) is 35.4 Å². The van der Waals surface area contributed by atoms with Gasteiger partial charge in [-0.1, -0.05) is 39.0 Å². The molecule has 0 radical (unpaired) electrons.